The summed E-state index contributed by atoms with van der Waals surface area (Å²) in [4.78, 5) is 8.75. The molecule has 4 aromatic rings. The zero-order valence-corrected chi connectivity index (χ0v) is 15.5. The van der Waals surface area contributed by atoms with Crippen molar-refractivity contribution < 1.29 is 19.4 Å². The molecule has 0 radical (unpaired) electrons. The van der Waals surface area contributed by atoms with Crippen molar-refractivity contribution in [3.05, 3.63) is 65.2 Å². The number of fused-ring (bicyclic) bond motifs is 1. The molecule has 3 aromatic carbocycles. The van der Waals surface area contributed by atoms with Crippen LogP contribution in [0.1, 0.15) is 5.56 Å². The van der Waals surface area contributed by atoms with Gasteiger partial charge in [-0.2, -0.15) is 0 Å². The average Bonchev–Trinajstić information content (AvgIpc) is 3.11. The SMILES string of the molecule is COc1cccc(C=Nc2ccc(O)c(-c3nc4cc(Cl)ccc4o3)c2)c1O. The molecule has 4 rings (SSSR count). The molecule has 7 heteroatoms. The normalized spacial score (nSPS) is 11.4. The van der Waals surface area contributed by atoms with Gasteiger partial charge in [0, 0.05) is 16.8 Å². The topological polar surface area (TPSA) is 88.1 Å². The zero-order chi connectivity index (χ0) is 19.7. The third kappa shape index (κ3) is 3.37. The lowest BCUT2D eigenvalue weighted by atomic mass is 10.1. The van der Waals surface area contributed by atoms with Gasteiger partial charge in [0.25, 0.3) is 0 Å². The summed E-state index contributed by atoms with van der Waals surface area (Å²) in [6.45, 7) is 0. The summed E-state index contributed by atoms with van der Waals surface area (Å²) in [5.41, 5.74) is 2.61. The summed E-state index contributed by atoms with van der Waals surface area (Å²) in [6.07, 6.45) is 1.51. The van der Waals surface area contributed by atoms with Crippen LogP contribution in [0, 0.1) is 0 Å². The van der Waals surface area contributed by atoms with E-state index in [1.54, 1.807) is 48.5 Å². The summed E-state index contributed by atoms with van der Waals surface area (Å²) in [6, 6.07) is 15.0. The van der Waals surface area contributed by atoms with Crippen molar-refractivity contribution in [2.24, 2.45) is 4.99 Å². The molecule has 0 aliphatic heterocycles. The van der Waals surface area contributed by atoms with E-state index in [2.05, 4.69) is 9.98 Å². The first-order valence-electron chi connectivity index (χ1n) is 8.34. The van der Waals surface area contributed by atoms with E-state index in [-0.39, 0.29) is 17.4 Å². The highest BCUT2D eigenvalue weighted by molar-refractivity contribution is 6.31. The second kappa shape index (κ2) is 7.25. The number of ether oxygens (including phenoxy) is 1. The summed E-state index contributed by atoms with van der Waals surface area (Å²) in [5.74, 6) is 0.640. The van der Waals surface area contributed by atoms with E-state index in [1.807, 2.05) is 0 Å². The third-order valence-corrected chi connectivity index (χ3v) is 4.40. The monoisotopic (exact) mass is 394 g/mol. The fourth-order valence-electron chi connectivity index (χ4n) is 2.74. The van der Waals surface area contributed by atoms with E-state index in [9.17, 15) is 10.2 Å². The Labute approximate surface area is 165 Å². The lowest BCUT2D eigenvalue weighted by molar-refractivity contribution is 0.373. The third-order valence-electron chi connectivity index (χ3n) is 4.16. The van der Waals surface area contributed by atoms with Gasteiger partial charge in [0.1, 0.15) is 11.3 Å². The molecule has 1 aromatic heterocycles. The van der Waals surface area contributed by atoms with Gasteiger partial charge >= 0.3 is 0 Å². The standard InChI is InChI=1S/C21H15ClN2O4/c1-27-19-4-2-3-12(20(19)26)11-23-14-6-7-17(25)15(10-14)21-24-16-9-13(22)5-8-18(16)28-21/h2-11,25-26H,1H3. The Bertz CT molecular complexity index is 1200. The number of oxazole rings is 1. The Kier molecular flexibility index (Phi) is 4.63. The molecule has 0 amide bonds. The van der Waals surface area contributed by atoms with Crippen LogP contribution in [0.4, 0.5) is 5.69 Å². The van der Waals surface area contributed by atoms with Crippen LogP contribution >= 0.6 is 11.6 Å². The van der Waals surface area contributed by atoms with Gasteiger partial charge in [-0.1, -0.05) is 17.7 Å². The Morgan fingerprint density at radius 3 is 2.79 bits per heavy atom. The van der Waals surface area contributed by atoms with Gasteiger partial charge in [0.15, 0.2) is 17.1 Å². The van der Waals surface area contributed by atoms with Crippen molar-refractivity contribution in [3.63, 3.8) is 0 Å². The molecule has 0 bridgehead atoms. The van der Waals surface area contributed by atoms with Gasteiger partial charge in [-0.15, -0.1) is 0 Å². The Balaban J connectivity index is 1.71. The number of aliphatic imine (C=N–C) groups is 1. The van der Waals surface area contributed by atoms with Crippen LogP contribution in [0.25, 0.3) is 22.6 Å². The predicted molar refractivity (Wildman–Crippen MR) is 108 cm³/mol. The van der Waals surface area contributed by atoms with E-state index in [0.717, 1.165) is 0 Å². The zero-order valence-electron chi connectivity index (χ0n) is 14.8. The largest absolute Gasteiger partial charge is 0.507 e. The number of halogens is 1. The highest BCUT2D eigenvalue weighted by Gasteiger charge is 2.13. The molecule has 0 spiro atoms. The molecule has 0 aliphatic carbocycles. The van der Waals surface area contributed by atoms with Gasteiger partial charge in [-0.3, -0.25) is 4.99 Å². The van der Waals surface area contributed by atoms with Crippen LogP contribution in [0.15, 0.2) is 64.0 Å². The number of hydrogen-bond donors (Lipinski definition) is 2. The van der Waals surface area contributed by atoms with Crippen LogP contribution in [0.5, 0.6) is 17.2 Å². The quantitative estimate of drug-likeness (QED) is 0.457. The smallest absolute Gasteiger partial charge is 0.231 e. The lowest BCUT2D eigenvalue weighted by Crippen LogP contribution is -1.88. The fraction of sp³-hybridized carbons (Fsp3) is 0.0476. The molecule has 0 saturated carbocycles. The van der Waals surface area contributed by atoms with Crippen molar-refractivity contribution in [1.29, 1.82) is 0 Å². The minimum atomic E-state index is 0.00332. The molecule has 0 aliphatic rings. The maximum atomic E-state index is 10.2. The molecule has 1 heterocycles. The molecular formula is C21H15ClN2O4. The molecule has 0 atom stereocenters. The maximum absolute atomic E-state index is 10.2. The van der Waals surface area contributed by atoms with Crippen LogP contribution in [0.2, 0.25) is 5.02 Å². The number of nitrogens with zero attached hydrogens (tertiary/aromatic N) is 2. The van der Waals surface area contributed by atoms with E-state index in [4.69, 9.17) is 20.8 Å². The minimum absolute atomic E-state index is 0.00332. The van der Waals surface area contributed by atoms with Gasteiger partial charge < -0.3 is 19.4 Å². The molecule has 28 heavy (non-hydrogen) atoms. The number of methoxy groups -OCH3 is 1. The van der Waals surface area contributed by atoms with Crippen molar-refractivity contribution in [2.45, 2.75) is 0 Å². The van der Waals surface area contributed by atoms with Crippen LogP contribution < -0.4 is 4.74 Å². The number of para-hydroxylation sites is 1. The predicted octanol–water partition coefficient (Wildman–Crippen LogP) is 5.32. The summed E-state index contributed by atoms with van der Waals surface area (Å²) in [7, 11) is 1.48. The number of benzene rings is 3. The van der Waals surface area contributed by atoms with Crippen LogP contribution in [-0.2, 0) is 0 Å². The van der Waals surface area contributed by atoms with E-state index >= 15 is 0 Å². The van der Waals surface area contributed by atoms with Crippen molar-refractivity contribution in [3.8, 4) is 28.7 Å². The number of rotatable bonds is 4. The van der Waals surface area contributed by atoms with Gasteiger partial charge in [0.05, 0.1) is 18.4 Å². The number of aromatic nitrogens is 1. The summed E-state index contributed by atoms with van der Waals surface area (Å²) in [5, 5.41) is 20.9. The highest BCUT2D eigenvalue weighted by Crippen LogP contribution is 2.35. The molecule has 6 nitrogen and oxygen atoms in total. The number of phenols is 2. The molecule has 2 N–H and O–H groups in total. The van der Waals surface area contributed by atoms with Gasteiger partial charge in [-0.05, 0) is 48.5 Å². The van der Waals surface area contributed by atoms with Crippen LogP contribution in [-0.4, -0.2) is 28.5 Å². The number of aromatic hydroxyl groups is 2. The van der Waals surface area contributed by atoms with Gasteiger partial charge in [0.2, 0.25) is 5.89 Å². The van der Waals surface area contributed by atoms with E-state index in [1.165, 1.54) is 19.4 Å². The number of phenolic OH excluding ortho intramolecular Hbond substituents is 2. The number of hydrogen-bond acceptors (Lipinski definition) is 6. The first-order valence-corrected chi connectivity index (χ1v) is 8.72. The second-order valence-corrected chi connectivity index (χ2v) is 6.43. The van der Waals surface area contributed by atoms with Crippen molar-refractivity contribution in [1.82, 2.24) is 4.98 Å². The first kappa shape index (κ1) is 17.9. The lowest BCUT2D eigenvalue weighted by Gasteiger charge is -2.05. The fourth-order valence-corrected chi connectivity index (χ4v) is 2.91. The summed E-state index contributed by atoms with van der Waals surface area (Å²) < 4.78 is 10.8. The van der Waals surface area contributed by atoms with E-state index in [0.29, 0.717) is 38.7 Å². The van der Waals surface area contributed by atoms with Crippen LogP contribution in [0.3, 0.4) is 0 Å². The molecule has 0 saturated heterocycles. The molecular weight excluding hydrogens is 380 g/mol. The second-order valence-electron chi connectivity index (χ2n) is 5.99. The minimum Gasteiger partial charge on any atom is -0.507 e. The first-order chi connectivity index (χ1) is 13.5. The maximum Gasteiger partial charge on any atom is 0.231 e. The molecule has 0 fully saturated rings. The van der Waals surface area contributed by atoms with Crippen molar-refractivity contribution >= 4 is 34.6 Å². The summed E-state index contributed by atoms with van der Waals surface area (Å²) >= 11 is 5.98. The van der Waals surface area contributed by atoms with E-state index < -0.39 is 0 Å². The highest BCUT2D eigenvalue weighted by atomic mass is 35.5. The molecule has 140 valence electrons. The van der Waals surface area contributed by atoms with Gasteiger partial charge in [-0.25, -0.2) is 4.98 Å². The Morgan fingerprint density at radius 1 is 1.11 bits per heavy atom. The van der Waals surface area contributed by atoms with Crippen molar-refractivity contribution in [2.75, 3.05) is 7.11 Å². The Hall–Kier alpha value is -3.51. The Morgan fingerprint density at radius 2 is 1.96 bits per heavy atom. The molecule has 0 unspecified atom stereocenters. The average molecular weight is 395 g/mol.